The lowest BCUT2D eigenvalue weighted by Crippen LogP contribution is -2.38. The number of hydrogen-bond acceptors (Lipinski definition) is 6. The van der Waals surface area contributed by atoms with E-state index >= 15 is 0 Å². The van der Waals surface area contributed by atoms with Crippen LogP contribution in [0.2, 0.25) is 0 Å². The van der Waals surface area contributed by atoms with Crippen LogP contribution in [0.25, 0.3) is 0 Å². The number of nitrogens with one attached hydrogen (secondary N) is 1. The van der Waals surface area contributed by atoms with Crippen LogP contribution in [0.1, 0.15) is 61.9 Å². The summed E-state index contributed by atoms with van der Waals surface area (Å²) in [7, 11) is 3.76. The van der Waals surface area contributed by atoms with Crippen molar-refractivity contribution in [3.63, 3.8) is 0 Å². The molecule has 0 aliphatic carbocycles. The molecule has 32 heavy (non-hydrogen) atoms. The zero-order chi connectivity index (χ0) is 22.1. The Labute approximate surface area is 213 Å². The van der Waals surface area contributed by atoms with Crippen molar-refractivity contribution in [1.82, 2.24) is 20.2 Å². The van der Waals surface area contributed by atoms with Crippen LogP contribution in [0.4, 0.5) is 5.82 Å². The maximum atomic E-state index is 5.38. The molecular formula is C23H37IN6OS. The second-order valence-corrected chi connectivity index (χ2v) is 8.89. The van der Waals surface area contributed by atoms with Crippen LogP contribution < -0.4 is 10.2 Å². The number of anilines is 1. The molecule has 7 nitrogen and oxygen atoms in total. The van der Waals surface area contributed by atoms with Crippen molar-refractivity contribution >= 4 is 47.1 Å². The van der Waals surface area contributed by atoms with Crippen LogP contribution in [-0.2, 0) is 17.8 Å². The van der Waals surface area contributed by atoms with Crippen molar-refractivity contribution in [3.05, 3.63) is 40.0 Å². The minimum absolute atomic E-state index is 0. The Morgan fingerprint density at radius 1 is 1.31 bits per heavy atom. The number of aromatic nitrogens is 2. The lowest BCUT2D eigenvalue weighted by molar-refractivity contribution is 0.119. The first kappa shape index (κ1) is 26.8. The maximum absolute atomic E-state index is 5.38. The molecule has 0 amide bonds. The summed E-state index contributed by atoms with van der Waals surface area (Å²) in [6.07, 6.45) is 7.08. The molecule has 2 aromatic heterocycles. The zero-order valence-corrected chi connectivity index (χ0v) is 22.9. The van der Waals surface area contributed by atoms with Gasteiger partial charge in [-0.15, -0.1) is 35.3 Å². The van der Waals surface area contributed by atoms with Crippen LogP contribution >= 0.6 is 35.3 Å². The van der Waals surface area contributed by atoms with Crippen molar-refractivity contribution < 1.29 is 4.74 Å². The molecule has 9 heteroatoms. The molecule has 0 saturated carbocycles. The molecule has 1 aliphatic rings. The Kier molecular flexibility index (Phi) is 11.7. The highest BCUT2D eigenvalue weighted by molar-refractivity contribution is 14.0. The summed E-state index contributed by atoms with van der Waals surface area (Å²) in [5, 5.41) is 6.50. The second kappa shape index (κ2) is 13.9. The number of guanidine groups is 1. The molecule has 1 atom stereocenters. The summed E-state index contributed by atoms with van der Waals surface area (Å²) >= 11 is 1.64. The molecule has 0 aromatic carbocycles. The third-order valence-electron chi connectivity index (χ3n) is 5.52. The number of methoxy groups -OCH3 is 1. The van der Waals surface area contributed by atoms with E-state index in [0.29, 0.717) is 13.1 Å². The lowest BCUT2D eigenvalue weighted by atomic mass is 10.2. The van der Waals surface area contributed by atoms with Gasteiger partial charge in [0.15, 0.2) is 5.96 Å². The third kappa shape index (κ3) is 7.84. The quantitative estimate of drug-likeness (QED) is 0.278. The number of rotatable bonds is 8. The minimum Gasteiger partial charge on any atom is -0.375 e. The standard InChI is InChI=1S/C23H36N6OS.HI/c1-5-24-23(28(3)16-20-17-31-22(27-20)18(2)30-4)26-15-19-10-11-25-21(14-19)29-12-8-6-7-9-13-29;/h10-11,14,17-18H,5-9,12-13,15-16H2,1-4H3,(H,24,26);1H. The highest BCUT2D eigenvalue weighted by Crippen LogP contribution is 2.21. The smallest absolute Gasteiger partial charge is 0.194 e. The second-order valence-electron chi connectivity index (χ2n) is 8.00. The zero-order valence-electron chi connectivity index (χ0n) is 19.7. The van der Waals surface area contributed by atoms with Gasteiger partial charge >= 0.3 is 0 Å². The monoisotopic (exact) mass is 572 g/mol. The summed E-state index contributed by atoms with van der Waals surface area (Å²) in [6, 6.07) is 4.25. The van der Waals surface area contributed by atoms with Crippen molar-refractivity contribution in [2.75, 3.05) is 38.7 Å². The van der Waals surface area contributed by atoms with Crippen LogP contribution in [-0.4, -0.2) is 54.6 Å². The van der Waals surface area contributed by atoms with E-state index in [1.807, 2.05) is 13.1 Å². The molecule has 2 aromatic rings. The van der Waals surface area contributed by atoms with Gasteiger partial charge in [0.2, 0.25) is 0 Å². The van der Waals surface area contributed by atoms with E-state index in [1.165, 1.54) is 31.2 Å². The molecule has 178 valence electrons. The number of halogens is 1. The molecule has 0 radical (unpaired) electrons. The Bertz CT molecular complexity index is 837. The normalized spacial score (nSPS) is 15.6. The van der Waals surface area contributed by atoms with Gasteiger partial charge in [-0.2, -0.15) is 0 Å². The van der Waals surface area contributed by atoms with Crippen molar-refractivity contribution in [2.45, 2.75) is 58.7 Å². The van der Waals surface area contributed by atoms with E-state index in [1.54, 1.807) is 18.4 Å². The summed E-state index contributed by atoms with van der Waals surface area (Å²) < 4.78 is 5.38. The van der Waals surface area contributed by atoms with Gasteiger partial charge in [-0.3, -0.25) is 0 Å². The van der Waals surface area contributed by atoms with Crippen molar-refractivity contribution in [3.8, 4) is 0 Å². The molecule has 3 rings (SSSR count). The molecule has 1 unspecified atom stereocenters. The van der Waals surface area contributed by atoms with Gasteiger partial charge < -0.3 is 19.9 Å². The van der Waals surface area contributed by atoms with Gasteiger partial charge in [-0.1, -0.05) is 12.8 Å². The molecule has 0 spiro atoms. The SMILES string of the molecule is CCNC(=NCc1ccnc(N2CCCCCC2)c1)N(C)Cc1csc(C(C)OC)n1.I. The number of nitrogens with zero attached hydrogens (tertiary/aromatic N) is 5. The molecule has 1 aliphatic heterocycles. The molecule has 1 N–H and O–H groups in total. The van der Waals surface area contributed by atoms with E-state index in [4.69, 9.17) is 14.7 Å². The number of thiazole rings is 1. The first-order valence-corrected chi connectivity index (χ1v) is 12.1. The lowest BCUT2D eigenvalue weighted by Gasteiger charge is -2.22. The highest BCUT2D eigenvalue weighted by Gasteiger charge is 2.14. The first-order chi connectivity index (χ1) is 15.1. The van der Waals surface area contributed by atoms with Crippen LogP contribution in [0, 0.1) is 0 Å². The van der Waals surface area contributed by atoms with E-state index in [2.05, 4.69) is 51.6 Å². The van der Waals surface area contributed by atoms with Crippen molar-refractivity contribution in [2.24, 2.45) is 4.99 Å². The average molecular weight is 573 g/mol. The predicted octanol–water partition coefficient (Wildman–Crippen LogP) is 4.84. The van der Waals surface area contributed by atoms with Gasteiger partial charge in [0.25, 0.3) is 0 Å². The fraction of sp³-hybridized carbons (Fsp3) is 0.609. The van der Waals surface area contributed by atoms with E-state index in [9.17, 15) is 0 Å². The van der Waals surface area contributed by atoms with Crippen LogP contribution in [0.15, 0.2) is 28.7 Å². The van der Waals surface area contributed by atoms with Gasteiger partial charge in [-0.05, 0) is 44.4 Å². The Hall–Kier alpha value is -1.46. The van der Waals surface area contributed by atoms with E-state index < -0.39 is 0 Å². The van der Waals surface area contributed by atoms with Gasteiger partial charge in [0.1, 0.15) is 16.9 Å². The molecule has 0 bridgehead atoms. The summed E-state index contributed by atoms with van der Waals surface area (Å²) in [5.74, 6) is 1.96. The summed E-state index contributed by atoms with van der Waals surface area (Å²) in [4.78, 5) is 18.7. The Balaban J connectivity index is 0.00000363. The number of aliphatic imine (C=N–C) groups is 1. The fourth-order valence-electron chi connectivity index (χ4n) is 3.67. The number of hydrogen-bond donors (Lipinski definition) is 1. The largest absolute Gasteiger partial charge is 0.375 e. The first-order valence-electron chi connectivity index (χ1n) is 11.3. The minimum atomic E-state index is 0. The molecule has 1 fully saturated rings. The summed E-state index contributed by atoms with van der Waals surface area (Å²) in [5.41, 5.74) is 2.22. The van der Waals surface area contributed by atoms with Crippen molar-refractivity contribution in [1.29, 1.82) is 0 Å². The van der Waals surface area contributed by atoms with E-state index in [-0.39, 0.29) is 30.1 Å². The average Bonchev–Trinajstić information content (AvgIpc) is 3.08. The molecule has 1 saturated heterocycles. The number of pyridine rings is 1. The fourth-order valence-corrected chi connectivity index (χ4v) is 4.51. The molecular weight excluding hydrogens is 535 g/mol. The predicted molar refractivity (Wildman–Crippen MR) is 144 cm³/mol. The Morgan fingerprint density at radius 3 is 2.75 bits per heavy atom. The topological polar surface area (TPSA) is 65.9 Å². The highest BCUT2D eigenvalue weighted by atomic mass is 127. The van der Waals surface area contributed by atoms with Gasteiger partial charge in [-0.25, -0.2) is 15.0 Å². The van der Waals surface area contributed by atoms with Crippen LogP contribution in [0.3, 0.4) is 0 Å². The van der Waals surface area contributed by atoms with Gasteiger partial charge in [0, 0.05) is 45.4 Å². The van der Waals surface area contributed by atoms with Crippen LogP contribution in [0.5, 0.6) is 0 Å². The van der Waals surface area contributed by atoms with E-state index in [0.717, 1.165) is 42.1 Å². The summed E-state index contributed by atoms with van der Waals surface area (Å²) in [6.45, 7) is 8.46. The Morgan fingerprint density at radius 2 is 2.06 bits per heavy atom. The third-order valence-corrected chi connectivity index (χ3v) is 6.57. The number of ether oxygens (including phenoxy) is 1. The maximum Gasteiger partial charge on any atom is 0.194 e. The molecule has 3 heterocycles. The van der Waals surface area contributed by atoms with Gasteiger partial charge in [0.05, 0.1) is 18.8 Å².